The standard InChI is InChI=1S/C10H16ClN3O2/c1-6(2)12-9(10(15)16)5-14-4-8(11)7(3)13-14/h4,6,9,12H,5H2,1-3H3,(H,15,16). The molecule has 1 atom stereocenters. The van der Waals surface area contributed by atoms with Crippen LogP contribution in [-0.2, 0) is 11.3 Å². The van der Waals surface area contributed by atoms with Gasteiger partial charge in [0.1, 0.15) is 6.04 Å². The van der Waals surface area contributed by atoms with Crippen molar-refractivity contribution in [1.82, 2.24) is 15.1 Å². The Morgan fingerprint density at radius 2 is 2.31 bits per heavy atom. The number of hydrogen-bond donors (Lipinski definition) is 2. The minimum atomic E-state index is -0.891. The van der Waals surface area contributed by atoms with Gasteiger partial charge in [-0.2, -0.15) is 5.10 Å². The second-order valence-corrected chi connectivity index (χ2v) is 4.40. The van der Waals surface area contributed by atoms with Gasteiger partial charge in [0.2, 0.25) is 0 Å². The maximum Gasteiger partial charge on any atom is 0.322 e. The zero-order valence-electron chi connectivity index (χ0n) is 9.57. The van der Waals surface area contributed by atoms with Crippen LogP contribution in [0.15, 0.2) is 6.20 Å². The number of carbonyl (C=O) groups is 1. The molecule has 0 amide bonds. The van der Waals surface area contributed by atoms with E-state index < -0.39 is 12.0 Å². The van der Waals surface area contributed by atoms with Crippen molar-refractivity contribution in [2.45, 2.75) is 39.4 Å². The Hall–Kier alpha value is -1.07. The van der Waals surface area contributed by atoms with Gasteiger partial charge in [-0.25, -0.2) is 0 Å². The highest BCUT2D eigenvalue weighted by molar-refractivity contribution is 6.31. The Morgan fingerprint density at radius 1 is 1.69 bits per heavy atom. The van der Waals surface area contributed by atoms with Crippen LogP contribution in [0.25, 0.3) is 0 Å². The molecule has 1 heterocycles. The molecule has 0 aromatic carbocycles. The van der Waals surface area contributed by atoms with Crippen molar-refractivity contribution in [3.63, 3.8) is 0 Å². The fraction of sp³-hybridized carbons (Fsp3) is 0.600. The van der Waals surface area contributed by atoms with Crippen LogP contribution in [0.2, 0.25) is 5.02 Å². The van der Waals surface area contributed by atoms with Crippen molar-refractivity contribution in [1.29, 1.82) is 0 Å². The Bertz CT molecular complexity index is 357. The molecule has 0 radical (unpaired) electrons. The van der Waals surface area contributed by atoms with E-state index in [4.69, 9.17) is 16.7 Å². The molecular formula is C10H16ClN3O2. The van der Waals surface area contributed by atoms with Gasteiger partial charge in [-0.1, -0.05) is 25.4 Å². The highest BCUT2D eigenvalue weighted by atomic mass is 35.5. The molecule has 1 aromatic rings. The second-order valence-electron chi connectivity index (χ2n) is 4.00. The largest absolute Gasteiger partial charge is 0.480 e. The van der Waals surface area contributed by atoms with Gasteiger partial charge in [0.25, 0.3) is 0 Å². The number of aryl methyl sites for hydroxylation is 1. The SMILES string of the molecule is Cc1nn(CC(NC(C)C)C(=O)O)cc1Cl. The predicted octanol–water partition coefficient (Wildman–Crippen LogP) is 1.30. The first kappa shape index (κ1) is 13.0. The number of nitrogens with one attached hydrogen (secondary N) is 1. The molecule has 0 bridgehead atoms. The van der Waals surface area contributed by atoms with E-state index in [1.807, 2.05) is 13.8 Å². The van der Waals surface area contributed by atoms with Gasteiger partial charge in [-0.15, -0.1) is 0 Å². The van der Waals surface area contributed by atoms with E-state index in [1.165, 1.54) is 0 Å². The van der Waals surface area contributed by atoms with Gasteiger partial charge in [-0.3, -0.25) is 9.48 Å². The number of rotatable bonds is 5. The van der Waals surface area contributed by atoms with Crippen molar-refractivity contribution in [2.75, 3.05) is 0 Å². The molecule has 2 N–H and O–H groups in total. The van der Waals surface area contributed by atoms with Crippen LogP contribution in [-0.4, -0.2) is 32.9 Å². The molecule has 90 valence electrons. The number of aliphatic carboxylic acids is 1. The number of hydrogen-bond acceptors (Lipinski definition) is 3. The summed E-state index contributed by atoms with van der Waals surface area (Å²) in [5.74, 6) is -0.891. The number of halogens is 1. The molecule has 5 nitrogen and oxygen atoms in total. The molecule has 0 aliphatic carbocycles. The van der Waals surface area contributed by atoms with Crippen molar-refractivity contribution in [3.05, 3.63) is 16.9 Å². The summed E-state index contributed by atoms with van der Waals surface area (Å²) in [6.07, 6.45) is 1.63. The van der Waals surface area contributed by atoms with Crippen molar-refractivity contribution >= 4 is 17.6 Å². The zero-order chi connectivity index (χ0) is 12.3. The third kappa shape index (κ3) is 3.50. The first-order valence-corrected chi connectivity index (χ1v) is 5.46. The van der Waals surface area contributed by atoms with Crippen molar-refractivity contribution < 1.29 is 9.90 Å². The minimum absolute atomic E-state index is 0.105. The topological polar surface area (TPSA) is 67.2 Å². The van der Waals surface area contributed by atoms with Gasteiger partial charge >= 0.3 is 5.97 Å². The normalized spacial score (nSPS) is 13.1. The molecule has 0 saturated heterocycles. The lowest BCUT2D eigenvalue weighted by Gasteiger charge is -2.16. The molecule has 6 heteroatoms. The van der Waals surface area contributed by atoms with Gasteiger partial charge in [-0.05, 0) is 6.92 Å². The summed E-state index contributed by atoms with van der Waals surface area (Å²) in [5, 5.41) is 16.6. The molecule has 16 heavy (non-hydrogen) atoms. The fourth-order valence-electron chi connectivity index (χ4n) is 1.38. The molecule has 1 unspecified atom stereocenters. The zero-order valence-corrected chi connectivity index (χ0v) is 10.3. The predicted molar refractivity (Wildman–Crippen MR) is 61.7 cm³/mol. The summed E-state index contributed by atoms with van der Waals surface area (Å²) >= 11 is 5.85. The molecule has 0 aliphatic rings. The van der Waals surface area contributed by atoms with Gasteiger partial charge < -0.3 is 10.4 Å². The summed E-state index contributed by atoms with van der Waals surface area (Å²) in [5.41, 5.74) is 0.704. The molecule has 0 saturated carbocycles. The lowest BCUT2D eigenvalue weighted by Crippen LogP contribution is -2.43. The van der Waals surface area contributed by atoms with E-state index in [2.05, 4.69) is 10.4 Å². The number of nitrogens with zero attached hydrogens (tertiary/aromatic N) is 2. The Morgan fingerprint density at radius 3 is 2.69 bits per heavy atom. The molecule has 1 aromatic heterocycles. The van der Waals surface area contributed by atoms with Crippen LogP contribution in [0.3, 0.4) is 0 Å². The Labute approximate surface area is 99.4 Å². The average Bonchev–Trinajstić information content (AvgIpc) is 2.44. The molecule has 0 spiro atoms. The lowest BCUT2D eigenvalue weighted by molar-refractivity contribution is -0.140. The maximum absolute atomic E-state index is 11.0. The average molecular weight is 246 g/mol. The summed E-state index contributed by atoms with van der Waals surface area (Å²) in [6, 6.07) is -0.552. The Kier molecular flexibility index (Phi) is 4.32. The third-order valence-corrected chi connectivity index (χ3v) is 2.46. The fourth-order valence-corrected chi connectivity index (χ4v) is 1.53. The summed E-state index contributed by atoms with van der Waals surface area (Å²) < 4.78 is 1.55. The van der Waals surface area contributed by atoms with Crippen LogP contribution in [0.5, 0.6) is 0 Å². The maximum atomic E-state index is 11.0. The number of aromatic nitrogens is 2. The van der Waals surface area contributed by atoms with Crippen molar-refractivity contribution in [3.8, 4) is 0 Å². The quantitative estimate of drug-likeness (QED) is 0.821. The summed E-state index contributed by atoms with van der Waals surface area (Å²) in [4.78, 5) is 11.0. The summed E-state index contributed by atoms with van der Waals surface area (Å²) in [6.45, 7) is 5.85. The second kappa shape index (κ2) is 5.32. The van der Waals surface area contributed by atoms with E-state index in [9.17, 15) is 4.79 Å². The Balaban J connectivity index is 2.71. The lowest BCUT2D eigenvalue weighted by atomic mass is 10.2. The van der Waals surface area contributed by atoms with E-state index in [0.717, 1.165) is 0 Å². The smallest absolute Gasteiger partial charge is 0.322 e. The monoisotopic (exact) mass is 245 g/mol. The van der Waals surface area contributed by atoms with E-state index in [-0.39, 0.29) is 12.6 Å². The summed E-state index contributed by atoms with van der Waals surface area (Å²) in [7, 11) is 0. The highest BCUT2D eigenvalue weighted by Gasteiger charge is 2.19. The minimum Gasteiger partial charge on any atom is -0.480 e. The van der Waals surface area contributed by atoms with Gasteiger partial charge in [0, 0.05) is 12.2 Å². The molecule has 1 rings (SSSR count). The highest BCUT2D eigenvalue weighted by Crippen LogP contribution is 2.12. The van der Waals surface area contributed by atoms with Crippen LogP contribution in [0.1, 0.15) is 19.5 Å². The van der Waals surface area contributed by atoms with Crippen LogP contribution < -0.4 is 5.32 Å². The van der Waals surface area contributed by atoms with Crippen LogP contribution in [0.4, 0.5) is 0 Å². The third-order valence-electron chi connectivity index (χ3n) is 2.09. The van der Waals surface area contributed by atoms with E-state index in [0.29, 0.717) is 10.7 Å². The molecule has 0 aliphatic heterocycles. The van der Waals surface area contributed by atoms with Crippen molar-refractivity contribution in [2.24, 2.45) is 0 Å². The van der Waals surface area contributed by atoms with E-state index >= 15 is 0 Å². The van der Waals surface area contributed by atoms with E-state index in [1.54, 1.807) is 17.8 Å². The molecular weight excluding hydrogens is 230 g/mol. The van der Waals surface area contributed by atoms with Gasteiger partial charge in [0.05, 0.1) is 17.3 Å². The van der Waals surface area contributed by atoms with Crippen LogP contribution >= 0.6 is 11.6 Å². The number of carboxylic acid groups (broad SMARTS) is 1. The van der Waals surface area contributed by atoms with Gasteiger partial charge in [0.15, 0.2) is 0 Å². The van der Waals surface area contributed by atoms with Crippen LogP contribution in [0, 0.1) is 6.92 Å². The first-order valence-electron chi connectivity index (χ1n) is 5.08. The first-order chi connectivity index (χ1) is 7.40. The molecule has 0 fully saturated rings. The number of carboxylic acids is 1.